The number of amides is 1. The number of nitrogens with zero attached hydrogens (tertiary/aromatic N) is 2. The van der Waals surface area contributed by atoms with E-state index in [4.69, 9.17) is 0 Å². The van der Waals surface area contributed by atoms with E-state index in [2.05, 4.69) is 10.3 Å². The second-order valence-electron chi connectivity index (χ2n) is 3.76. The summed E-state index contributed by atoms with van der Waals surface area (Å²) in [7, 11) is 0. The summed E-state index contributed by atoms with van der Waals surface area (Å²) in [5, 5.41) is 2.77. The van der Waals surface area contributed by atoms with Crippen molar-refractivity contribution >= 4 is 17.2 Å². The topological polar surface area (TPSA) is 64.0 Å². The zero-order chi connectivity index (χ0) is 13.0. The van der Waals surface area contributed by atoms with E-state index in [1.165, 1.54) is 22.1 Å². The van der Waals surface area contributed by atoms with Gasteiger partial charge in [0.1, 0.15) is 0 Å². The van der Waals surface area contributed by atoms with Gasteiger partial charge in [-0.1, -0.05) is 0 Å². The second-order valence-corrected chi connectivity index (χ2v) is 5.05. The summed E-state index contributed by atoms with van der Waals surface area (Å²) in [5.74, 6) is -0.106. The van der Waals surface area contributed by atoms with Gasteiger partial charge >= 0.3 is 5.69 Å². The molecule has 0 unspecified atom stereocenters. The van der Waals surface area contributed by atoms with E-state index in [-0.39, 0.29) is 11.6 Å². The van der Waals surface area contributed by atoms with Crippen LogP contribution in [0.15, 0.2) is 35.4 Å². The first-order valence-corrected chi connectivity index (χ1v) is 6.34. The molecule has 5 nitrogen and oxygen atoms in total. The predicted octanol–water partition coefficient (Wildman–Crippen LogP) is 1.04. The molecule has 0 bridgehead atoms. The molecule has 0 aliphatic carbocycles. The largest absolute Gasteiger partial charge is 0.350 e. The zero-order valence-electron chi connectivity index (χ0n) is 9.92. The van der Waals surface area contributed by atoms with Crippen LogP contribution >= 0.6 is 11.3 Å². The molecule has 2 aromatic heterocycles. The van der Waals surface area contributed by atoms with Gasteiger partial charge in [0, 0.05) is 30.4 Å². The van der Waals surface area contributed by atoms with Gasteiger partial charge in [0.05, 0.1) is 4.88 Å². The molecule has 1 N–H and O–H groups in total. The third kappa shape index (κ3) is 3.04. The van der Waals surface area contributed by atoms with Crippen molar-refractivity contribution in [2.24, 2.45) is 0 Å². The van der Waals surface area contributed by atoms with Crippen molar-refractivity contribution < 1.29 is 4.79 Å². The standard InChI is InChI=1S/C12H13N3O2S/c1-9-3-4-10(18-9)11(16)13-6-8-15-7-2-5-14-12(15)17/h2-5,7H,6,8H2,1H3,(H,13,16). The molecule has 0 fully saturated rings. The quantitative estimate of drug-likeness (QED) is 0.896. The number of hydrogen-bond donors (Lipinski definition) is 1. The van der Waals surface area contributed by atoms with Crippen LogP contribution in [0.4, 0.5) is 0 Å². The van der Waals surface area contributed by atoms with Gasteiger partial charge in [0.15, 0.2) is 0 Å². The summed E-state index contributed by atoms with van der Waals surface area (Å²) in [5.41, 5.74) is -0.307. The fourth-order valence-electron chi connectivity index (χ4n) is 1.49. The number of aryl methyl sites for hydroxylation is 1. The molecule has 94 valence electrons. The Bertz CT molecular complexity index is 603. The first-order chi connectivity index (χ1) is 8.66. The predicted molar refractivity (Wildman–Crippen MR) is 69.9 cm³/mol. The highest BCUT2D eigenvalue weighted by Crippen LogP contribution is 2.14. The number of rotatable bonds is 4. The number of carbonyl (C=O) groups is 1. The SMILES string of the molecule is Cc1ccc(C(=O)NCCn2cccnc2=O)s1. The molecular weight excluding hydrogens is 250 g/mol. The van der Waals surface area contributed by atoms with Crippen molar-refractivity contribution in [2.75, 3.05) is 6.54 Å². The highest BCUT2D eigenvalue weighted by atomic mass is 32.1. The van der Waals surface area contributed by atoms with Crippen LogP contribution < -0.4 is 11.0 Å². The molecule has 0 aromatic carbocycles. The lowest BCUT2D eigenvalue weighted by Gasteiger charge is -2.05. The van der Waals surface area contributed by atoms with Crippen molar-refractivity contribution in [1.29, 1.82) is 0 Å². The van der Waals surface area contributed by atoms with Gasteiger partial charge in [-0.15, -0.1) is 11.3 Å². The Kier molecular flexibility index (Phi) is 3.88. The van der Waals surface area contributed by atoms with Crippen LogP contribution in [0.3, 0.4) is 0 Å². The summed E-state index contributed by atoms with van der Waals surface area (Å²) in [6.45, 7) is 2.78. The fraction of sp³-hybridized carbons (Fsp3) is 0.250. The van der Waals surface area contributed by atoms with E-state index in [0.29, 0.717) is 18.0 Å². The maximum atomic E-state index is 11.7. The summed E-state index contributed by atoms with van der Waals surface area (Å²) in [4.78, 5) is 28.5. The lowest BCUT2D eigenvalue weighted by atomic mass is 10.4. The number of hydrogen-bond acceptors (Lipinski definition) is 4. The number of nitrogens with one attached hydrogen (secondary N) is 1. The molecule has 2 heterocycles. The summed E-state index contributed by atoms with van der Waals surface area (Å²) in [6, 6.07) is 5.39. The first-order valence-electron chi connectivity index (χ1n) is 5.53. The molecule has 0 atom stereocenters. The molecule has 0 saturated heterocycles. The molecule has 18 heavy (non-hydrogen) atoms. The Morgan fingerprint density at radius 3 is 3.00 bits per heavy atom. The Morgan fingerprint density at radius 2 is 2.33 bits per heavy atom. The average molecular weight is 263 g/mol. The molecule has 0 saturated carbocycles. The third-order valence-corrected chi connectivity index (χ3v) is 3.38. The number of thiophene rings is 1. The normalized spacial score (nSPS) is 10.3. The summed E-state index contributed by atoms with van der Waals surface area (Å²) >= 11 is 1.45. The van der Waals surface area contributed by atoms with Crippen LogP contribution in [0.25, 0.3) is 0 Å². The Balaban J connectivity index is 1.88. The van der Waals surface area contributed by atoms with Gasteiger partial charge in [-0.25, -0.2) is 9.78 Å². The van der Waals surface area contributed by atoms with E-state index >= 15 is 0 Å². The number of aromatic nitrogens is 2. The van der Waals surface area contributed by atoms with Gasteiger partial charge in [0.25, 0.3) is 5.91 Å². The van der Waals surface area contributed by atoms with Crippen LogP contribution in [0.5, 0.6) is 0 Å². The lowest BCUT2D eigenvalue weighted by Crippen LogP contribution is -2.30. The molecule has 2 rings (SSSR count). The minimum Gasteiger partial charge on any atom is -0.350 e. The molecule has 0 aliphatic rings. The molecule has 6 heteroatoms. The molecule has 0 radical (unpaired) electrons. The minimum atomic E-state index is -0.307. The summed E-state index contributed by atoms with van der Waals surface area (Å²) in [6.07, 6.45) is 3.10. The van der Waals surface area contributed by atoms with E-state index in [1.807, 2.05) is 13.0 Å². The fourth-order valence-corrected chi connectivity index (χ4v) is 2.27. The molecule has 0 aliphatic heterocycles. The van der Waals surface area contributed by atoms with Crippen LogP contribution in [-0.2, 0) is 6.54 Å². The highest BCUT2D eigenvalue weighted by molar-refractivity contribution is 7.13. The van der Waals surface area contributed by atoms with E-state index in [0.717, 1.165) is 4.88 Å². The summed E-state index contributed by atoms with van der Waals surface area (Å²) < 4.78 is 1.46. The third-order valence-electron chi connectivity index (χ3n) is 2.39. The smallest absolute Gasteiger partial charge is 0.347 e. The van der Waals surface area contributed by atoms with E-state index < -0.39 is 0 Å². The molecule has 1 amide bonds. The van der Waals surface area contributed by atoms with Gasteiger partial charge in [-0.3, -0.25) is 9.36 Å². The van der Waals surface area contributed by atoms with E-state index in [1.54, 1.807) is 18.3 Å². The molecular formula is C12H13N3O2S. The van der Waals surface area contributed by atoms with Crippen LogP contribution in [-0.4, -0.2) is 22.0 Å². The Morgan fingerprint density at radius 1 is 1.50 bits per heavy atom. The van der Waals surface area contributed by atoms with Crippen LogP contribution in [0.1, 0.15) is 14.5 Å². The number of carbonyl (C=O) groups excluding carboxylic acids is 1. The van der Waals surface area contributed by atoms with Gasteiger partial charge in [0.2, 0.25) is 0 Å². The highest BCUT2D eigenvalue weighted by Gasteiger charge is 2.06. The van der Waals surface area contributed by atoms with Crippen molar-refractivity contribution in [2.45, 2.75) is 13.5 Å². The van der Waals surface area contributed by atoms with Gasteiger partial charge in [-0.2, -0.15) is 0 Å². The lowest BCUT2D eigenvalue weighted by molar-refractivity contribution is 0.0956. The monoisotopic (exact) mass is 263 g/mol. The van der Waals surface area contributed by atoms with Crippen molar-refractivity contribution in [3.8, 4) is 0 Å². The van der Waals surface area contributed by atoms with Crippen molar-refractivity contribution in [3.63, 3.8) is 0 Å². The van der Waals surface area contributed by atoms with Crippen molar-refractivity contribution in [1.82, 2.24) is 14.9 Å². The van der Waals surface area contributed by atoms with Crippen LogP contribution in [0, 0.1) is 6.92 Å². The average Bonchev–Trinajstić information content (AvgIpc) is 2.78. The zero-order valence-corrected chi connectivity index (χ0v) is 10.7. The van der Waals surface area contributed by atoms with Gasteiger partial charge < -0.3 is 5.32 Å². The van der Waals surface area contributed by atoms with Gasteiger partial charge in [-0.05, 0) is 25.1 Å². The molecule has 0 spiro atoms. The molecule has 2 aromatic rings. The first kappa shape index (κ1) is 12.5. The Labute approximate surface area is 108 Å². The Hall–Kier alpha value is -1.95. The maximum absolute atomic E-state index is 11.7. The van der Waals surface area contributed by atoms with E-state index in [9.17, 15) is 9.59 Å². The minimum absolute atomic E-state index is 0.106. The second kappa shape index (κ2) is 5.59. The maximum Gasteiger partial charge on any atom is 0.347 e. The van der Waals surface area contributed by atoms with Crippen molar-refractivity contribution in [3.05, 3.63) is 50.8 Å². The van der Waals surface area contributed by atoms with Crippen LogP contribution in [0.2, 0.25) is 0 Å².